The lowest BCUT2D eigenvalue weighted by Gasteiger charge is -2.43. The lowest BCUT2D eigenvalue weighted by atomic mass is 9.91. The second-order valence-electron chi connectivity index (χ2n) is 5.29. The van der Waals surface area contributed by atoms with Gasteiger partial charge in [0.1, 0.15) is 0 Å². The van der Waals surface area contributed by atoms with Gasteiger partial charge in [0.25, 0.3) is 0 Å². The van der Waals surface area contributed by atoms with E-state index in [4.69, 9.17) is 5.73 Å². The molecule has 0 aromatic carbocycles. The second kappa shape index (κ2) is 5.86. The fourth-order valence-electron chi connectivity index (χ4n) is 2.72. The van der Waals surface area contributed by atoms with Crippen LogP contribution in [-0.2, 0) is 0 Å². The summed E-state index contributed by atoms with van der Waals surface area (Å²) in [5.74, 6) is 0.782. The van der Waals surface area contributed by atoms with Gasteiger partial charge < -0.3 is 5.73 Å². The molecule has 4 unspecified atom stereocenters. The highest BCUT2D eigenvalue weighted by molar-refractivity contribution is 4.87. The van der Waals surface area contributed by atoms with Crippen molar-refractivity contribution >= 4 is 0 Å². The molecule has 2 nitrogen and oxygen atoms in total. The number of hydrogen-bond donors (Lipinski definition) is 1. The molecule has 2 heteroatoms. The SMILES string of the molecule is CCC(C)C(C)N1CCCCC1C(C)N. The van der Waals surface area contributed by atoms with Crippen LogP contribution in [0.4, 0.5) is 0 Å². The maximum absolute atomic E-state index is 6.10. The van der Waals surface area contributed by atoms with Crippen LogP contribution in [0, 0.1) is 5.92 Å². The Kier molecular flexibility index (Phi) is 5.07. The molecule has 0 aromatic rings. The third-order valence-electron chi connectivity index (χ3n) is 4.19. The van der Waals surface area contributed by atoms with Gasteiger partial charge in [-0.05, 0) is 39.2 Å². The van der Waals surface area contributed by atoms with E-state index >= 15 is 0 Å². The van der Waals surface area contributed by atoms with Crippen LogP contribution in [-0.4, -0.2) is 29.6 Å². The fourth-order valence-corrected chi connectivity index (χ4v) is 2.72. The van der Waals surface area contributed by atoms with Crippen molar-refractivity contribution in [3.05, 3.63) is 0 Å². The monoisotopic (exact) mass is 212 g/mol. The van der Waals surface area contributed by atoms with Gasteiger partial charge in [-0.3, -0.25) is 4.90 Å². The summed E-state index contributed by atoms with van der Waals surface area (Å²) in [6, 6.07) is 1.62. The van der Waals surface area contributed by atoms with E-state index in [9.17, 15) is 0 Å². The minimum atomic E-state index is 0.316. The summed E-state index contributed by atoms with van der Waals surface area (Å²) < 4.78 is 0. The summed E-state index contributed by atoms with van der Waals surface area (Å²) in [7, 11) is 0. The molecule has 2 N–H and O–H groups in total. The third kappa shape index (κ3) is 3.18. The molecule has 15 heavy (non-hydrogen) atoms. The molecule has 90 valence electrons. The van der Waals surface area contributed by atoms with E-state index in [1.54, 1.807) is 0 Å². The highest BCUT2D eigenvalue weighted by Crippen LogP contribution is 2.25. The van der Waals surface area contributed by atoms with E-state index < -0.39 is 0 Å². The Balaban J connectivity index is 2.62. The molecule has 1 heterocycles. The van der Waals surface area contributed by atoms with Crippen LogP contribution >= 0.6 is 0 Å². The standard InChI is InChI=1S/C13H28N2/c1-5-10(2)12(4)15-9-7-6-8-13(15)11(3)14/h10-13H,5-9,14H2,1-4H3. The first kappa shape index (κ1) is 13.0. The minimum Gasteiger partial charge on any atom is -0.327 e. The quantitative estimate of drug-likeness (QED) is 0.776. The molecule has 1 aliphatic rings. The normalized spacial score (nSPS) is 29.8. The number of piperidine rings is 1. The Labute approximate surface area is 95.2 Å². The van der Waals surface area contributed by atoms with Gasteiger partial charge in [0.05, 0.1) is 0 Å². The van der Waals surface area contributed by atoms with Gasteiger partial charge in [0.15, 0.2) is 0 Å². The predicted octanol–water partition coefficient (Wildman–Crippen LogP) is 2.62. The molecule has 0 amide bonds. The molecule has 0 saturated carbocycles. The van der Waals surface area contributed by atoms with Gasteiger partial charge in [-0.1, -0.05) is 26.7 Å². The third-order valence-corrected chi connectivity index (χ3v) is 4.19. The van der Waals surface area contributed by atoms with Crippen LogP contribution < -0.4 is 5.73 Å². The van der Waals surface area contributed by atoms with E-state index in [0.29, 0.717) is 18.1 Å². The van der Waals surface area contributed by atoms with E-state index in [0.717, 1.165) is 5.92 Å². The van der Waals surface area contributed by atoms with Crippen LogP contribution in [0.2, 0.25) is 0 Å². The Morgan fingerprint density at radius 3 is 2.47 bits per heavy atom. The molecule has 1 fully saturated rings. The highest BCUT2D eigenvalue weighted by atomic mass is 15.2. The van der Waals surface area contributed by atoms with Gasteiger partial charge in [-0.25, -0.2) is 0 Å². The van der Waals surface area contributed by atoms with Crippen LogP contribution in [0.1, 0.15) is 53.4 Å². The Morgan fingerprint density at radius 1 is 1.27 bits per heavy atom. The first-order chi connectivity index (χ1) is 7.07. The van der Waals surface area contributed by atoms with Gasteiger partial charge in [0.2, 0.25) is 0 Å². The zero-order valence-corrected chi connectivity index (χ0v) is 10.9. The van der Waals surface area contributed by atoms with Gasteiger partial charge >= 0.3 is 0 Å². The first-order valence-electron chi connectivity index (χ1n) is 6.59. The Morgan fingerprint density at radius 2 is 1.93 bits per heavy atom. The summed E-state index contributed by atoms with van der Waals surface area (Å²) in [5, 5.41) is 0. The zero-order valence-electron chi connectivity index (χ0n) is 10.9. The number of hydrogen-bond acceptors (Lipinski definition) is 2. The van der Waals surface area contributed by atoms with Crippen LogP contribution in [0.5, 0.6) is 0 Å². The summed E-state index contributed by atoms with van der Waals surface area (Å²) in [4.78, 5) is 2.66. The van der Waals surface area contributed by atoms with Crippen molar-refractivity contribution in [3.8, 4) is 0 Å². The van der Waals surface area contributed by atoms with Crippen LogP contribution in [0.3, 0.4) is 0 Å². The van der Waals surface area contributed by atoms with E-state index in [-0.39, 0.29) is 0 Å². The molecule has 4 atom stereocenters. The van der Waals surface area contributed by atoms with Gasteiger partial charge in [-0.15, -0.1) is 0 Å². The molecule has 0 spiro atoms. The molecule has 0 aromatic heterocycles. The molecule has 1 rings (SSSR count). The van der Waals surface area contributed by atoms with Crippen molar-refractivity contribution in [3.63, 3.8) is 0 Å². The van der Waals surface area contributed by atoms with Crippen molar-refractivity contribution in [2.45, 2.75) is 71.5 Å². The van der Waals surface area contributed by atoms with Crippen molar-refractivity contribution in [1.29, 1.82) is 0 Å². The Hall–Kier alpha value is -0.0800. The van der Waals surface area contributed by atoms with Crippen molar-refractivity contribution in [1.82, 2.24) is 4.90 Å². The summed E-state index contributed by atoms with van der Waals surface area (Å²) in [6.45, 7) is 10.4. The summed E-state index contributed by atoms with van der Waals surface area (Å²) in [5.41, 5.74) is 6.10. The van der Waals surface area contributed by atoms with E-state index in [2.05, 4.69) is 32.6 Å². The average molecular weight is 212 g/mol. The van der Waals surface area contributed by atoms with Crippen molar-refractivity contribution < 1.29 is 0 Å². The smallest absolute Gasteiger partial charge is 0.0247 e. The largest absolute Gasteiger partial charge is 0.327 e. The predicted molar refractivity (Wildman–Crippen MR) is 66.9 cm³/mol. The topological polar surface area (TPSA) is 29.3 Å². The van der Waals surface area contributed by atoms with Crippen LogP contribution in [0.25, 0.3) is 0 Å². The molecule has 0 bridgehead atoms. The lowest BCUT2D eigenvalue weighted by molar-refractivity contribution is 0.0623. The highest BCUT2D eigenvalue weighted by Gasteiger charge is 2.30. The lowest BCUT2D eigenvalue weighted by Crippen LogP contribution is -2.54. The van der Waals surface area contributed by atoms with E-state index in [1.165, 1.54) is 32.2 Å². The minimum absolute atomic E-state index is 0.316. The van der Waals surface area contributed by atoms with Gasteiger partial charge in [0, 0.05) is 18.1 Å². The maximum Gasteiger partial charge on any atom is 0.0247 e. The van der Waals surface area contributed by atoms with Crippen LogP contribution in [0.15, 0.2) is 0 Å². The number of rotatable bonds is 4. The number of nitrogens with zero attached hydrogens (tertiary/aromatic N) is 1. The molecule has 1 aliphatic heterocycles. The van der Waals surface area contributed by atoms with Crippen molar-refractivity contribution in [2.75, 3.05) is 6.54 Å². The Bertz CT molecular complexity index is 179. The molecule has 0 radical (unpaired) electrons. The molecule has 0 aliphatic carbocycles. The molecule has 1 saturated heterocycles. The molecular formula is C13H28N2. The fraction of sp³-hybridized carbons (Fsp3) is 1.00. The zero-order chi connectivity index (χ0) is 11.4. The number of likely N-dealkylation sites (tertiary alicyclic amines) is 1. The molecular weight excluding hydrogens is 184 g/mol. The van der Waals surface area contributed by atoms with Crippen molar-refractivity contribution in [2.24, 2.45) is 11.7 Å². The summed E-state index contributed by atoms with van der Waals surface area (Å²) in [6.07, 6.45) is 5.27. The average Bonchev–Trinajstić information content (AvgIpc) is 2.27. The van der Waals surface area contributed by atoms with E-state index in [1.807, 2.05) is 0 Å². The van der Waals surface area contributed by atoms with Gasteiger partial charge in [-0.2, -0.15) is 0 Å². The first-order valence-corrected chi connectivity index (χ1v) is 6.59. The maximum atomic E-state index is 6.10. The summed E-state index contributed by atoms with van der Waals surface area (Å²) >= 11 is 0. The second-order valence-corrected chi connectivity index (χ2v) is 5.29. The number of nitrogens with two attached hydrogens (primary N) is 1.